The van der Waals surface area contributed by atoms with Crippen molar-refractivity contribution in [2.45, 2.75) is 90.6 Å². The normalized spacial score (nSPS) is 12.2. The molecule has 0 bridgehead atoms. The van der Waals surface area contributed by atoms with E-state index in [1.54, 1.807) is 0 Å². The van der Waals surface area contributed by atoms with Crippen molar-refractivity contribution in [2.24, 2.45) is 0 Å². The fourth-order valence-corrected chi connectivity index (χ4v) is 3.70. The van der Waals surface area contributed by atoms with Crippen molar-refractivity contribution in [2.75, 3.05) is 6.61 Å². The van der Waals surface area contributed by atoms with E-state index in [4.69, 9.17) is 4.74 Å². The molecule has 0 saturated carbocycles. The fraction of sp³-hybridized carbons (Fsp3) is 0.556. The largest absolute Gasteiger partial charge is 0.374 e. The van der Waals surface area contributed by atoms with E-state index < -0.39 is 0 Å². The zero-order valence-corrected chi connectivity index (χ0v) is 18.2. The minimum Gasteiger partial charge on any atom is -0.374 e. The van der Waals surface area contributed by atoms with Gasteiger partial charge in [-0.15, -0.1) is 0 Å². The minimum absolute atomic E-state index is 0.174. The molecule has 0 aliphatic rings. The lowest BCUT2D eigenvalue weighted by atomic mass is 10.0. The summed E-state index contributed by atoms with van der Waals surface area (Å²) in [6.45, 7) is 5.32. The van der Waals surface area contributed by atoms with Crippen molar-refractivity contribution in [1.82, 2.24) is 0 Å². The molecule has 2 rings (SSSR count). The first kappa shape index (κ1) is 22.7. The van der Waals surface area contributed by atoms with Crippen LogP contribution in [0.3, 0.4) is 0 Å². The van der Waals surface area contributed by atoms with E-state index >= 15 is 0 Å². The number of ether oxygens (including phenoxy) is 1. The van der Waals surface area contributed by atoms with Gasteiger partial charge in [0, 0.05) is 6.61 Å². The number of hydrogen-bond donors (Lipinski definition) is 0. The van der Waals surface area contributed by atoms with Crippen molar-refractivity contribution >= 4 is 0 Å². The van der Waals surface area contributed by atoms with Gasteiger partial charge in [-0.05, 0) is 30.0 Å². The molecule has 0 aromatic heterocycles. The van der Waals surface area contributed by atoms with Crippen molar-refractivity contribution in [3.63, 3.8) is 0 Å². The second-order valence-electron chi connectivity index (χ2n) is 8.04. The molecule has 0 spiro atoms. The molecule has 1 heteroatoms. The van der Waals surface area contributed by atoms with Crippen LogP contribution in [-0.4, -0.2) is 6.61 Å². The van der Waals surface area contributed by atoms with Crippen LogP contribution in [0.1, 0.15) is 96.1 Å². The van der Waals surface area contributed by atoms with E-state index in [1.807, 2.05) is 0 Å². The maximum atomic E-state index is 6.06. The Morgan fingerprint density at radius 2 is 1.11 bits per heavy atom. The van der Waals surface area contributed by atoms with Crippen LogP contribution in [0.4, 0.5) is 0 Å². The monoisotopic (exact) mass is 380 g/mol. The Bertz CT molecular complexity index is 602. The SMILES string of the molecule is CCCCCCCCCCCCCOC(C)c1ccc(-c2ccccc2)cc1. The Kier molecular flexibility index (Phi) is 11.7. The first-order valence-electron chi connectivity index (χ1n) is 11.6. The molecule has 28 heavy (non-hydrogen) atoms. The van der Waals surface area contributed by atoms with Crippen LogP contribution in [0.15, 0.2) is 54.6 Å². The minimum atomic E-state index is 0.174. The molecule has 2 aromatic rings. The van der Waals surface area contributed by atoms with Crippen LogP contribution in [0.25, 0.3) is 11.1 Å². The third-order valence-electron chi connectivity index (χ3n) is 5.60. The zero-order chi connectivity index (χ0) is 19.9. The molecule has 0 saturated heterocycles. The summed E-state index contributed by atoms with van der Waals surface area (Å²) in [7, 11) is 0. The molecule has 2 aromatic carbocycles. The molecule has 0 fully saturated rings. The second-order valence-corrected chi connectivity index (χ2v) is 8.04. The van der Waals surface area contributed by atoms with Gasteiger partial charge >= 0.3 is 0 Å². The summed E-state index contributed by atoms with van der Waals surface area (Å²) >= 11 is 0. The Hall–Kier alpha value is -1.60. The summed E-state index contributed by atoms with van der Waals surface area (Å²) in [4.78, 5) is 0. The summed E-state index contributed by atoms with van der Waals surface area (Å²) in [5.41, 5.74) is 3.80. The van der Waals surface area contributed by atoms with Crippen molar-refractivity contribution in [3.8, 4) is 11.1 Å². The van der Waals surface area contributed by atoms with Crippen molar-refractivity contribution in [3.05, 3.63) is 60.2 Å². The highest BCUT2D eigenvalue weighted by molar-refractivity contribution is 5.63. The predicted molar refractivity (Wildman–Crippen MR) is 123 cm³/mol. The van der Waals surface area contributed by atoms with Gasteiger partial charge in [0.2, 0.25) is 0 Å². The summed E-state index contributed by atoms with van der Waals surface area (Å²) in [5.74, 6) is 0. The van der Waals surface area contributed by atoms with Crippen molar-refractivity contribution in [1.29, 1.82) is 0 Å². The molecule has 0 N–H and O–H groups in total. The molecule has 0 heterocycles. The lowest BCUT2D eigenvalue weighted by Gasteiger charge is -2.14. The first-order chi connectivity index (χ1) is 13.8. The highest BCUT2D eigenvalue weighted by Crippen LogP contribution is 2.23. The van der Waals surface area contributed by atoms with Crippen LogP contribution in [-0.2, 0) is 4.74 Å². The predicted octanol–water partition coefficient (Wildman–Crippen LogP) is 8.74. The van der Waals surface area contributed by atoms with Gasteiger partial charge in [0.25, 0.3) is 0 Å². The van der Waals surface area contributed by atoms with Gasteiger partial charge in [0.15, 0.2) is 0 Å². The van der Waals surface area contributed by atoms with E-state index in [1.165, 1.54) is 87.3 Å². The van der Waals surface area contributed by atoms with Gasteiger partial charge in [0.05, 0.1) is 6.10 Å². The molecule has 0 aliphatic carbocycles. The Morgan fingerprint density at radius 1 is 0.607 bits per heavy atom. The molecule has 1 nitrogen and oxygen atoms in total. The Labute approximate surface area is 173 Å². The van der Waals surface area contributed by atoms with Crippen LogP contribution in [0.2, 0.25) is 0 Å². The van der Waals surface area contributed by atoms with Crippen LogP contribution < -0.4 is 0 Å². The van der Waals surface area contributed by atoms with E-state index in [-0.39, 0.29) is 6.10 Å². The van der Waals surface area contributed by atoms with Gasteiger partial charge in [-0.2, -0.15) is 0 Å². The number of rotatable bonds is 15. The molecule has 0 amide bonds. The first-order valence-corrected chi connectivity index (χ1v) is 11.6. The van der Waals surface area contributed by atoms with Crippen LogP contribution >= 0.6 is 0 Å². The zero-order valence-electron chi connectivity index (χ0n) is 18.2. The maximum Gasteiger partial charge on any atom is 0.0796 e. The van der Waals surface area contributed by atoms with Gasteiger partial charge in [-0.3, -0.25) is 0 Å². The molecular formula is C27H40O. The topological polar surface area (TPSA) is 9.23 Å². The van der Waals surface area contributed by atoms with Crippen molar-refractivity contribution < 1.29 is 4.74 Å². The van der Waals surface area contributed by atoms with E-state index in [0.717, 1.165) is 6.61 Å². The third-order valence-corrected chi connectivity index (χ3v) is 5.60. The lowest BCUT2D eigenvalue weighted by molar-refractivity contribution is 0.0627. The van der Waals surface area contributed by atoms with E-state index in [0.29, 0.717) is 0 Å². The fourth-order valence-electron chi connectivity index (χ4n) is 3.70. The molecular weight excluding hydrogens is 340 g/mol. The standard InChI is InChI=1S/C27H40O/c1-3-4-5-6-7-8-9-10-11-12-16-23-28-24(2)25-19-21-27(22-20-25)26-17-14-13-15-18-26/h13-15,17-22,24H,3-12,16,23H2,1-2H3. The summed E-state index contributed by atoms with van der Waals surface area (Å²) < 4.78 is 6.06. The Morgan fingerprint density at radius 3 is 1.68 bits per heavy atom. The Balaban J connectivity index is 1.51. The molecule has 1 unspecified atom stereocenters. The van der Waals surface area contributed by atoms with E-state index in [9.17, 15) is 0 Å². The number of benzene rings is 2. The van der Waals surface area contributed by atoms with Gasteiger partial charge in [-0.25, -0.2) is 0 Å². The highest BCUT2D eigenvalue weighted by atomic mass is 16.5. The number of unbranched alkanes of at least 4 members (excludes halogenated alkanes) is 10. The summed E-state index contributed by atoms with van der Waals surface area (Å²) in [6, 6.07) is 19.3. The molecule has 0 aliphatic heterocycles. The van der Waals surface area contributed by atoms with Gasteiger partial charge in [-0.1, -0.05) is 126 Å². The molecule has 154 valence electrons. The van der Waals surface area contributed by atoms with E-state index in [2.05, 4.69) is 68.4 Å². The average molecular weight is 381 g/mol. The highest BCUT2D eigenvalue weighted by Gasteiger charge is 2.06. The molecule has 1 atom stereocenters. The molecule has 0 radical (unpaired) electrons. The third kappa shape index (κ3) is 9.06. The number of hydrogen-bond acceptors (Lipinski definition) is 1. The summed E-state index contributed by atoms with van der Waals surface area (Å²) in [5, 5.41) is 0. The summed E-state index contributed by atoms with van der Waals surface area (Å²) in [6.07, 6.45) is 15.3. The average Bonchev–Trinajstić information content (AvgIpc) is 2.75. The lowest BCUT2D eigenvalue weighted by Crippen LogP contribution is -2.01. The maximum absolute atomic E-state index is 6.06. The quantitative estimate of drug-likeness (QED) is 0.281. The van der Waals surface area contributed by atoms with Crippen LogP contribution in [0, 0.1) is 0 Å². The van der Waals surface area contributed by atoms with Crippen LogP contribution in [0.5, 0.6) is 0 Å². The second kappa shape index (κ2) is 14.4. The van der Waals surface area contributed by atoms with Gasteiger partial charge < -0.3 is 4.74 Å². The van der Waals surface area contributed by atoms with Gasteiger partial charge in [0.1, 0.15) is 0 Å². The smallest absolute Gasteiger partial charge is 0.0796 e.